The summed E-state index contributed by atoms with van der Waals surface area (Å²) in [6.07, 6.45) is 4.23. The number of carbonyl (C=O) groups excluding carboxylic acids is 2. The molecule has 1 atom stereocenters. The third-order valence-corrected chi connectivity index (χ3v) is 9.31. The van der Waals surface area contributed by atoms with E-state index < -0.39 is 5.54 Å². The number of piperidine rings is 1. The van der Waals surface area contributed by atoms with Crippen molar-refractivity contribution in [1.82, 2.24) is 28.8 Å². The first-order valence-corrected chi connectivity index (χ1v) is 16.3. The van der Waals surface area contributed by atoms with Crippen molar-refractivity contribution in [3.63, 3.8) is 0 Å². The van der Waals surface area contributed by atoms with Crippen LogP contribution in [0.4, 0.5) is 10.6 Å². The third kappa shape index (κ3) is 6.73. The number of amides is 2. The minimum Gasteiger partial charge on any atom is -0.457 e. The van der Waals surface area contributed by atoms with Gasteiger partial charge in [-0.2, -0.15) is 5.26 Å². The number of methoxy groups -OCH3 is 1. The second kappa shape index (κ2) is 13.9. The fraction of sp³-hybridized carbons (Fsp3) is 0.361. The molecule has 0 saturated carbocycles. The number of ether oxygens (including phenoxy) is 2. The fourth-order valence-electron chi connectivity index (χ4n) is 6.77. The summed E-state index contributed by atoms with van der Waals surface area (Å²) >= 11 is 0. The van der Waals surface area contributed by atoms with E-state index >= 15 is 0 Å². The minimum atomic E-state index is -0.616. The lowest BCUT2D eigenvalue weighted by Gasteiger charge is -2.42. The summed E-state index contributed by atoms with van der Waals surface area (Å²) in [5, 5.41) is 10.1. The lowest BCUT2D eigenvalue weighted by atomic mass is 9.96. The van der Waals surface area contributed by atoms with Gasteiger partial charge in [0.15, 0.2) is 0 Å². The lowest BCUT2D eigenvalue weighted by Crippen LogP contribution is -2.55. The standard InChI is InChI=1S/C36H40N8O5/c1-36(2,42-20-18-40(19-21-42)35(47)48-3)22-25(23-37)33(45)41-17-7-8-27(24-41)43-30-15-16-39-32(38)31(30)44(34(43)46)26-11-13-29(14-12-26)49-28-9-5-4-6-10-28/h4-6,9-16,22,27H,7-8,17-21,24H2,1-3H3,(H2,38,39)/b25-22+. The molecule has 2 aromatic heterocycles. The number of fused-ring (bicyclic) bond motifs is 1. The summed E-state index contributed by atoms with van der Waals surface area (Å²) in [6, 6.07) is 20.2. The molecule has 13 nitrogen and oxygen atoms in total. The Labute approximate surface area is 284 Å². The Hall–Kier alpha value is -5.61. The van der Waals surface area contributed by atoms with Crippen LogP contribution in [0.3, 0.4) is 0 Å². The van der Waals surface area contributed by atoms with Crippen molar-refractivity contribution in [2.24, 2.45) is 0 Å². The quantitative estimate of drug-likeness (QED) is 0.225. The second-order valence-electron chi connectivity index (χ2n) is 12.8. The number of nitrogen functional groups attached to an aromatic ring is 1. The summed E-state index contributed by atoms with van der Waals surface area (Å²) in [7, 11) is 1.36. The highest BCUT2D eigenvalue weighted by atomic mass is 16.5. The molecule has 49 heavy (non-hydrogen) atoms. The number of para-hydroxylation sites is 1. The molecular weight excluding hydrogens is 624 g/mol. The second-order valence-corrected chi connectivity index (χ2v) is 12.8. The molecule has 0 spiro atoms. The van der Waals surface area contributed by atoms with Crippen molar-refractivity contribution in [2.75, 3.05) is 52.1 Å². The van der Waals surface area contributed by atoms with Crippen molar-refractivity contribution in [1.29, 1.82) is 5.26 Å². The highest BCUT2D eigenvalue weighted by Gasteiger charge is 2.34. The number of imidazole rings is 1. The summed E-state index contributed by atoms with van der Waals surface area (Å²) in [5.74, 6) is 1.16. The molecule has 2 fully saturated rings. The van der Waals surface area contributed by atoms with Crippen LogP contribution in [0.2, 0.25) is 0 Å². The Morgan fingerprint density at radius 2 is 1.67 bits per heavy atom. The molecule has 2 aliphatic rings. The summed E-state index contributed by atoms with van der Waals surface area (Å²) in [6.45, 7) is 6.75. The Morgan fingerprint density at radius 1 is 0.980 bits per heavy atom. The molecule has 254 valence electrons. The van der Waals surface area contributed by atoms with Crippen molar-refractivity contribution in [3.8, 4) is 23.3 Å². The van der Waals surface area contributed by atoms with Gasteiger partial charge in [-0.3, -0.25) is 18.8 Å². The van der Waals surface area contributed by atoms with Crippen LogP contribution < -0.4 is 16.2 Å². The van der Waals surface area contributed by atoms with Crippen LogP contribution in [-0.4, -0.2) is 92.7 Å². The number of anilines is 1. The number of piperazine rings is 1. The number of nitrogens with zero attached hydrogens (tertiary/aromatic N) is 7. The van der Waals surface area contributed by atoms with Crippen molar-refractivity contribution in [3.05, 3.63) is 89.0 Å². The molecule has 0 radical (unpaired) electrons. The van der Waals surface area contributed by atoms with E-state index in [1.807, 2.05) is 44.2 Å². The molecule has 2 aromatic carbocycles. The molecule has 2 saturated heterocycles. The zero-order valence-corrected chi connectivity index (χ0v) is 27.9. The molecule has 1 unspecified atom stereocenters. The van der Waals surface area contributed by atoms with E-state index in [1.54, 1.807) is 61.5 Å². The van der Waals surface area contributed by atoms with Crippen LogP contribution in [-0.2, 0) is 9.53 Å². The number of benzene rings is 2. The van der Waals surface area contributed by atoms with Crippen LogP contribution in [0.25, 0.3) is 16.7 Å². The molecule has 2 N–H and O–H groups in total. The van der Waals surface area contributed by atoms with Gasteiger partial charge < -0.3 is 25.0 Å². The van der Waals surface area contributed by atoms with Crippen molar-refractivity contribution < 1.29 is 19.1 Å². The SMILES string of the molecule is COC(=O)N1CCN(C(C)(C)/C=C(\C#N)C(=O)N2CCCC(n3c(=O)n(-c4ccc(Oc5ccccc5)cc4)c4c(N)nccc43)C2)CC1. The van der Waals surface area contributed by atoms with Gasteiger partial charge in [-0.1, -0.05) is 18.2 Å². The lowest BCUT2D eigenvalue weighted by molar-refractivity contribution is -0.128. The zero-order valence-electron chi connectivity index (χ0n) is 27.9. The Kier molecular flexibility index (Phi) is 9.42. The van der Waals surface area contributed by atoms with E-state index in [0.717, 1.165) is 0 Å². The van der Waals surface area contributed by atoms with Gasteiger partial charge >= 0.3 is 11.8 Å². The largest absolute Gasteiger partial charge is 0.457 e. The van der Waals surface area contributed by atoms with Crippen LogP contribution in [0.5, 0.6) is 11.5 Å². The molecular formula is C36H40N8O5. The number of pyridine rings is 1. The average molecular weight is 665 g/mol. The Morgan fingerprint density at radius 3 is 2.35 bits per heavy atom. The first-order chi connectivity index (χ1) is 23.6. The van der Waals surface area contributed by atoms with Gasteiger partial charge in [-0.15, -0.1) is 0 Å². The first-order valence-electron chi connectivity index (χ1n) is 16.3. The van der Waals surface area contributed by atoms with Gasteiger partial charge in [-0.05, 0) is 75.2 Å². The molecule has 4 aromatic rings. The van der Waals surface area contributed by atoms with E-state index in [9.17, 15) is 19.6 Å². The monoisotopic (exact) mass is 664 g/mol. The van der Waals surface area contributed by atoms with Crippen LogP contribution >= 0.6 is 0 Å². The summed E-state index contributed by atoms with van der Waals surface area (Å²) in [5.41, 5.74) is 7.20. The summed E-state index contributed by atoms with van der Waals surface area (Å²) in [4.78, 5) is 49.7. The summed E-state index contributed by atoms with van der Waals surface area (Å²) < 4.78 is 14.0. The molecule has 0 aliphatic carbocycles. The maximum atomic E-state index is 14.2. The van der Waals surface area contributed by atoms with E-state index in [2.05, 4.69) is 16.0 Å². The highest BCUT2D eigenvalue weighted by molar-refractivity contribution is 5.97. The Balaban J connectivity index is 1.25. The van der Waals surface area contributed by atoms with Gasteiger partial charge in [0.25, 0.3) is 5.91 Å². The predicted octanol–water partition coefficient (Wildman–Crippen LogP) is 4.34. The number of nitrogens with two attached hydrogens (primary N) is 1. The van der Waals surface area contributed by atoms with Gasteiger partial charge in [-0.25, -0.2) is 14.6 Å². The fourth-order valence-corrected chi connectivity index (χ4v) is 6.77. The number of aromatic nitrogens is 3. The number of hydrogen-bond acceptors (Lipinski definition) is 9. The maximum Gasteiger partial charge on any atom is 0.409 e. The van der Waals surface area contributed by atoms with Crippen molar-refractivity contribution >= 4 is 28.9 Å². The van der Waals surface area contributed by atoms with Crippen molar-refractivity contribution in [2.45, 2.75) is 38.3 Å². The molecule has 4 heterocycles. The predicted molar refractivity (Wildman–Crippen MR) is 184 cm³/mol. The van der Waals surface area contributed by atoms with Gasteiger partial charge in [0.05, 0.1) is 24.4 Å². The first kappa shape index (κ1) is 33.3. The average Bonchev–Trinajstić information content (AvgIpc) is 3.43. The van der Waals surface area contributed by atoms with Gasteiger partial charge in [0.1, 0.15) is 34.5 Å². The molecule has 2 amide bonds. The van der Waals surface area contributed by atoms with E-state index in [0.29, 0.717) is 73.8 Å². The van der Waals surface area contributed by atoms with E-state index in [-0.39, 0.29) is 41.7 Å². The van der Waals surface area contributed by atoms with E-state index in [4.69, 9.17) is 15.2 Å². The normalized spacial score (nSPS) is 17.5. The van der Waals surface area contributed by atoms with E-state index in [1.165, 1.54) is 7.11 Å². The van der Waals surface area contributed by atoms with Gasteiger partial charge in [0, 0.05) is 51.0 Å². The molecule has 0 bridgehead atoms. The maximum absolute atomic E-state index is 14.2. The number of nitriles is 1. The van der Waals surface area contributed by atoms with Crippen LogP contribution in [0.1, 0.15) is 32.7 Å². The zero-order chi connectivity index (χ0) is 34.7. The topological polar surface area (TPSA) is 152 Å². The number of rotatable bonds is 7. The van der Waals surface area contributed by atoms with Gasteiger partial charge in [0.2, 0.25) is 0 Å². The molecule has 6 rings (SSSR count). The third-order valence-electron chi connectivity index (χ3n) is 9.31. The minimum absolute atomic E-state index is 0.0436. The smallest absolute Gasteiger partial charge is 0.409 e. The van der Waals surface area contributed by atoms with Crippen LogP contribution in [0, 0.1) is 11.3 Å². The molecule has 13 heteroatoms. The number of carbonyl (C=O) groups is 2. The van der Waals surface area contributed by atoms with Crippen LogP contribution in [0.15, 0.2) is 83.3 Å². The Bertz CT molecular complexity index is 1970. The highest BCUT2D eigenvalue weighted by Crippen LogP contribution is 2.30. The number of hydrogen-bond donors (Lipinski definition) is 1. The number of likely N-dealkylation sites (tertiary alicyclic amines) is 1. The molecule has 2 aliphatic heterocycles.